The van der Waals surface area contributed by atoms with Crippen LogP contribution in [0.2, 0.25) is 0 Å². The van der Waals surface area contributed by atoms with E-state index < -0.39 is 6.04 Å². The summed E-state index contributed by atoms with van der Waals surface area (Å²) in [5.41, 5.74) is 2.28. The molecule has 2 aliphatic heterocycles. The summed E-state index contributed by atoms with van der Waals surface area (Å²) < 4.78 is 1.71. The Morgan fingerprint density at radius 3 is 2.92 bits per heavy atom. The lowest BCUT2D eigenvalue weighted by Gasteiger charge is -2.36. The van der Waals surface area contributed by atoms with Crippen LogP contribution in [0.1, 0.15) is 40.5 Å². The van der Waals surface area contributed by atoms with Crippen LogP contribution in [0.25, 0.3) is 0 Å². The first-order valence-corrected chi connectivity index (χ1v) is 8.81. The molecular weight excluding hydrogens is 334 g/mol. The lowest BCUT2D eigenvalue weighted by Crippen LogP contribution is -2.49. The van der Waals surface area contributed by atoms with E-state index in [0.717, 1.165) is 24.1 Å². The van der Waals surface area contributed by atoms with Gasteiger partial charge < -0.3 is 4.90 Å². The normalized spacial score (nSPS) is 20.0. The lowest BCUT2D eigenvalue weighted by molar-refractivity contribution is -0.201. The van der Waals surface area contributed by atoms with Gasteiger partial charge in [-0.05, 0) is 37.5 Å². The summed E-state index contributed by atoms with van der Waals surface area (Å²) in [5.74, 6) is -0.291. The molecule has 0 aromatic carbocycles. The monoisotopic (exact) mass is 355 g/mol. The van der Waals surface area contributed by atoms with E-state index in [0.29, 0.717) is 25.3 Å². The van der Waals surface area contributed by atoms with Gasteiger partial charge in [0.05, 0.1) is 31.0 Å². The van der Waals surface area contributed by atoms with Gasteiger partial charge in [-0.25, -0.2) is 5.06 Å². The largest absolute Gasteiger partial charge is 0.330 e. The molecule has 4 rings (SSSR count). The number of amides is 2. The third-order valence-electron chi connectivity index (χ3n) is 4.74. The van der Waals surface area contributed by atoms with E-state index in [1.807, 2.05) is 19.1 Å². The van der Waals surface area contributed by atoms with E-state index in [2.05, 4.69) is 10.1 Å². The highest BCUT2D eigenvalue weighted by Crippen LogP contribution is 2.25. The zero-order chi connectivity index (χ0) is 18.1. The van der Waals surface area contributed by atoms with Gasteiger partial charge in [0.1, 0.15) is 0 Å². The molecule has 0 N–H and O–H groups in total. The van der Waals surface area contributed by atoms with Gasteiger partial charge in [0, 0.05) is 25.1 Å². The number of fused-ring (bicyclic) bond motifs is 1. The van der Waals surface area contributed by atoms with Gasteiger partial charge >= 0.3 is 0 Å². The summed E-state index contributed by atoms with van der Waals surface area (Å²) in [4.78, 5) is 37.2. The maximum atomic E-state index is 13.0. The Labute approximate surface area is 151 Å². The molecule has 0 spiro atoms. The third kappa shape index (κ3) is 3.08. The van der Waals surface area contributed by atoms with Crippen LogP contribution in [0, 0.1) is 6.92 Å². The van der Waals surface area contributed by atoms with Crippen molar-refractivity contribution in [3.05, 3.63) is 47.5 Å². The fraction of sp³-hybridized carbons (Fsp3) is 0.444. The fourth-order valence-electron chi connectivity index (χ4n) is 3.42. The minimum atomic E-state index is -0.575. The second-order valence-corrected chi connectivity index (χ2v) is 6.70. The number of pyridine rings is 1. The Hall–Kier alpha value is -2.74. The van der Waals surface area contributed by atoms with Crippen molar-refractivity contribution >= 4 is 11.8 Å². The van der Waals surface area contributed by atoms with Crippen molar-refractivity contribution in [2.75, 3.05) is 19.7 Å². The van der Waals surface area contributed by atoms with Crippen LogP contribution in [-0.2, 0) is 16.2 Å². The first kappa shape index (κ1) is 16.7. The van der Waals surface area contributed by atoms with E-state index in [4.69, 9.17) is 4.84 Å². The number of nitrogens with zero attached hydrogens (tertiary/aromatic N) is 5. The van der Waals surface area contributed by atoms with E-state index in [1.165, 1.54) is 5.06 Å². The van der Waals surface area contributed by atoms with Crippen molar-refractivity contribution < 1.29 is 14.4 Å². The molecule has 2 aliphatic rings. The molecule has 8 nitrogen and oxygen atoms in total. The van der Waals surface area contributed by atoms with Gasteiger partial charge in [0.25, 0.3) is 11.8 Å². The standard InChI is InChI=1S/C18H21N5O3/c1-13-8-14(10-19-9-13)17(24)21-11-15-4-5-20-23(15)16(12-21)18(25)22-6-2-3-7-26-22/h4-5,8-10,16H,2-3,6-7,11-12H2,1H3. The molecular formula is C18H21N5O3. The first-order valence-electron chi connectivity index (χ1n) is 8.81. The van der Waals surface area contributed by atoms with Gasteiger partial charge in [-0.15, -0.1) is 0 Å². The van der Waals surface area contributed by atoms with Crippen LogP contribution in [0.15, 0.2) is 30.7 Å². The Bertz CT molecular complexity index is 828. The number of carbonyl (C=O) groups excluding carboxylic acids is 2. The zero-order valence-corrected chi connectivity index (χ0v) is 14.7. The van der Waals surface area contributed by atoms with Gasteiger partial charge in [-0.3, -0.25) is 24.1 Å². The predicted octanol–water partition coefficient (Wildman–Crippen LogP) is 1.34. The molecule has 0 radical (unpaired) electrons. The van der Waals surface area contributed by atoms with Crippen molar-refractivity contribution in [1.82, 2.24) is 24.7 Å². The van der Waals surface area contributed by atoms with Crippen molar-refractivity contribution in [3.8, 4) is 0 Å². The molecule has 1 atom stereocenters. The minimum Gasteiger partial charge on any atom is -0.330 e. The van der Waals surface area contributed by atoms with Crippen LogP contribution in [0.4, 0.5) is 0 Å². The molecule has 2 aromatic heterocycles. The van der Waals surface area contributed by atoms with Gasteiger partial charge in [-0.1, -0.05) is 0 Å². The molecule has 26 heavy (non-hydrogen) atoms. The van der Waals surface area contributed by atoms with Crippen LogP contribution < -0.4 is 0 Å². The number of hydrogen-bond acceptors (Lipinski definition) is 5. The second kappa shape index (κ2) is 6.87. The summed E-state index contributed by atoms with van der Waals surface area (Å²) in [6, 6.07) is 3.07. The predicted molar refractivity (Wildman–Crippen MR) is 91.9 cm³/mol. The highest BCUT2D eigenvalue weighted by Gasteiger charge is 2.36. The average Bonchev–Trinajstić information content (AvgIpc) is 3.15. The van der Waals surface area contributed by atoms with E-state index in [-0.39, 0.29) is 18.4 Å². The smallest absolute Gasteiger partial charge is 0.272 e. The Morgan fingerprint density at radius 2 is 2.15 bits per heavy atom. The Balaban J connectivity index is 1.59. The lowest BCUT2D eigenvalue weighted by atomic mass is 10.1. The van der Waals surface area contributed by atoms with Gasteiger partial charge in [-0.2, -0.15) is 5.10 Å². The molecule has 4 heterocycles. The molecule has 0 bridgehead atoms. The van der Waals surface area contributed by atoms with Crippen molar-refractivity contribution in [3.63, 3.8) is 0 Å². The van der Waals surface area contributed by atoms with Crippen LogP contribution in [0.3, 0.4) is 0 Å². The summed E-state index contributed by atoms with van der Waals surface area (Å²) in [6.07, 6.45) is 6.80. The van der Waals surface area contributed by atoms with Gasteiger partial charge in [0.15, 0.2) is 6.04 Å². The Morgan fingerprint density at radius 1 is 1.27 bits per heavy atom. The van der Waals surface area contributed by atoms with Crippen LogP contribution in [-0.4, -0.2) is 56.2 Å². The quantitative estimate of drug-likeness (QED) is 0.812. The molecule has 0 aliphatic carbocycles. The molecule has 1 fully saturated rings. The molecule has 2 aromatic rings. The van der Waals surface area contributed by atoms with Crippen molar-refractivity contribution in [2.24, 2.45) is 0 Å². The topological polar surface area (TPSA) is 80.6 Å². The highest BCUT2D eigenvalue weighted by atomic mass is 16.7. The number of hydroxylamine groups is 2. The molecule has 1 unspecified atom stereocenters. The number of rotatable bonds is 2. The molecule has 1 saturated heterocycles. The summed E-state index contributed by atoms with van der Waals surface area (Å²) in [6.45, 7) is 3.69. The van der Waals surface area contributed by atoms with Crippen LogP contribution >= 0.6 is 0 Å². The number of carbonyl (C=O) groups is 2. The number of aromatic nitrogens is 3. The molecule has 136 valence electrons. The SMILES string of the molecule is Cc1cncc(C(=O)N2Cc3ccnn3C(C(=O)N3CCCCO3)C2)c1. The minimum absolute atomic E-state index is 0.133. The Kier molecular flexibility index (Phi) is 4.42. The maximum absolute atomic E-state index is 13.0. The highest BCUT2D eigenvalue weighted by molar-refractivity contribution is 5.94. The summed E-state index contributed by atoms with van der Waals surface area (Å²) in [5, 5.41) is 5.72. The summed E-state index contributed by atoms with van der Waals surface area (Å²) in [7, 11) is 0. The van der Waals surface area contributed by atoms with E-state index in [9.17, 15) is 9.59 Å². The fourth-order valence-corrected chi connectivity index (χ4v) is 3.42. The molecule has 8 heteroatoms. The molecule has 0 saturated carbocycles. The first-order chi connectivity index (χ1) is 12.6. The van der Waals surface area contributed by atoms with Crippen molar-refractivity contribution in [1.29, 1.82) is 0 Å². The van der Waals surface area contributed by atoms with E-state index >= 15 is 0 Å². The summed E-state index contributed by atoms with van der Waals surface area (Å²) >= 11 is 0. The second-order valence-electron chi connectivity index (χ2n) is 6.70. The van der Waals surface area contributed by atoms with Gasteiger partial charge in [0.2, 0.25) is 0 Å². The zero-order valence-electron chi connectivity index (χ0n) is 14.7. The van der Waals surface area contributed by atoms with E-state index in [1.54, 1.807) is 28.2 Å². The maximum Gasteiger partial charge on any atom is 0.272 e. The number of aryl methyl sites for hydroxylation is 1. The average molecular weight is 355 g/mol. The third-order valence-corrected chi connectivity index (χ3v) is 4.74. The van der Waals surface area contributed by atoms with Crippen LogP contribution in [0.5, 0.6) is 0 Å². The molecule has 2 amide bonds. The number of hydrogen-bond donors (Lipinski definition) is 0. The van der Waals surface area contributed by atoms with Crippen molar-refractivity contribution in [2.45, 2.75) is 32.4 Å².